The lowest BCUT2D eigenvalue weighted by Gasteiger charge is -2.13. The molecule has 0 aliphatic carbocycles. The van der Waals surface area contributed by atoms with E-state index in [4.69, 9.17) is 5.53 Å². The van der Waals surface area contributed by atoms with E-state index in [0.29, 0.717) is 11.8 Å². The Morgan fingerprint density at radius 2 is 1.93 bits per heavy atom. The van der Waals surface area contributed by atoms with Gasteiger partial charge in [-0.05, 0) is 5.56 Å². The molecule has 0 bridgehead atoms. The Bertz CT molecular complexity index is 385. The molecule has 0 aromatic heterocycles. The van der Waals surface area contributed by atoms with Crippen LogP contribution in [0.15, 0.2) is 30.3 Å². The first kappa shape index (κ1) is 11.3. The van der Waals surface area contributed by atoms with Gasteiger partial charge < -0.3 is 15.7 Å². The largest absolute Gasteiger partial charge is 0.385 e. The summed E-state index contributed by atoms with van der Waals surface area (Å²) in [5.41, 5.74) is 8.51. The summed E-state index contributed by atoms with van der Waals surface area (Å²) in [6, 6.07) is 8.26. The van der Waals surface area contributed by atoms with Gasteiger partial charge in [-0.25, -0.2) is 0 Å². The molecule has 0 spiro atoms. The Labute approximate surface area is 86.2 Å². The summed E-state index contributed by atoms with van der Waals surface area (Å²) in [4.78, 5) is 13.5. The molecule has 15 heavy (non-hydrogen) atoms. The fourth-order valence-electron chi connectivity index (χ4n) is 1.12. The normalized spacial score (nSPS) is 13.7. The summed E-state index contributed by atoms with van der Waals surface area (Å²) < 4.78 is 0. The van der Waals surface area contributed by atoms with Crippen molar-refractivity contribution in [2.24, 2.45) is 0 Å². The number of Topliss-reactive ketones (excluding diaryl/α,β-unsaturated/α-hetero) is 1. The van der Waals surface area contributed by atoms with Crippen molar-refractivity contribution in [3.05, 3.63) is 41.4 Å². The molecule has 78 valence electrons. The summed E-state index contributed by atoms with van der Waals surface area (Å²) in [6.45, 7) is 0. The molecule has 1 aromatic rings. The minimum Gasteiger partial charge on any atom is -0.385 e. The Kier molecular flexibility index (Phi) is 3.88. The van der Waals surface area contributed by atoms with Gasteiger partial charge >= 0.3 is 6.21 Å². The number of hydrogen-bond donors (Lipinski definition) is 2. The van der Waals surface area contributed by atoms with E-state index in [1.165, 1.54) is 0 Å². The first-order valence-corrected chi connectivity index (χ1v) is 4.29. The lowest BCUT2D eigenvalue weighted by molar-refractivity contribution is -0.129. The van der Waals surface area contributed by atoms with Gasteiger partial charge in [0.1, 0.15) is 6.10 Å². The highest BCUT2D eigenvalue weighted by atomic mass is 16.3. The first-order chi connectivity index (χ1) is 7.16. The number of ketones is 1. The third kappa shape index (κ3) is 2.82. The smallest absolute Gasteiger partial charge is 0.326 e. The summed E-state index contributed by atoms with van der Waals surface area (Å²) in [7, 11) is 0. The number of nitrogens with zero attached hydrogens (tertiary/aromatic N) is 2. The molecule has 5 heteroatoms. The molecule has 1 rings (SSSR count). The monoisotopic (exact) mass is 206 g/mol. The van der Waals surface area contributed by atoms with Crippen LogP contribution in [-0.2, 0) is 4.79 Å². The third-order valence-corrected chi connectivity index (χ3v) is 1.92. The Morgan fingerprint density at radius 3 is 2.47 bits per heavy atom. The molecule has 0 saturated carbocycles. The fraction of sp³-hybridized carbons (Fsp3) is 0.200. The van der Waals surface area contributed by atoms with Crippen molar-refractivity contribution in [3.63, 3.8) is 0 Å². The van der Waals surface area contributed by atoms with Crippen LogP contribution in [0.5, 0.6) is 0 Å². The molecule has 5 nitrogen and oxygen atoms in total. The summed E-state index contributed by atoms with van der Waals surface area (Å²) in [5.74, 6) is -0.853. The molecule has 1 aromatic carbocycles. The fourth-order valence-corrected chi connectivity index (χ4v) is 1.12. The second kappa shape index (κ2) is 5.17. The van der Waals surface area contributed by atoms with Crippen LogP contribution in [0.4, 0.5) is 0 Å². The van der Waals surface area contributed by atoms with Crippen molar-refractivity contribution >= 4 is 12.0 Å². The highest BCUT2D eigenvalue weighted by Crippen LogP contribution is 2.16. The van der Waals surface area contributed by atoms with E-state index in [-0.39, 0.29) is 0 Å². The SMILES string of the molecule is [N-]=[N+]=CC(=O)[C@H](O)[C@@H](O)c1ccccc1. The van der Waals surface area contributed by atoms with Gasteiger partial charge in [-0.2, -0.15) is 4.79 Å². The van der Waals surface area contributed by atoms with Crippen LogP contribution in [0.2, 0.25) is 0 Å². The molecule has 0 amide bonds. The molecule has 0 unspecified atom stereocenters. The number of hydrogen-bond acceptors (Lipinski definition) is 3. The van der Waals surface area contributed by atoms with Crippen molar-refractivity contribution in [3.8, 4) is 0 Å². The lowest BCUT2D eigenvalue weighted by atomic mass is 10.0. The zero-order valence-electron chi connectivity index (χ0n) is 7.82. The lowest BCUT2D eigenvalue weighted by Crippen LogP contribution is -2.29. The van der Waals surface area contributed by atoms with E-state index in [9.17, 15) is 15.0 Å². The van der Waals surface area contributed by atoms with Crippen molar-refractivity contribution in [1.82, 2.24) is 0 Å². The molecular formula is C10H10N2O3. The summed E-state index contributed by atoms with van der Waals surface area (Å²) in [6.07, 6.45) is -2.39. The van der Waals surface area contributed by atoms with Gasteiger partial charge in [0.15, 0.2) is 6.10 Å². The Morgan fingerprint density at radius 1 is 1.33 bits per heavy atom. The van der Waals surface area contributed by atoms with Gasteiger partial charge in [0, 0.05) is 0 Å². The molecule has 2 atom stereocenters. The van der Waals surface area contributed by atoms with Gasteiger partial charge in [-0.1, -0.05) is 30.3 Å². The van der Waals surface area contributed by atoms with Gasteiger partial charge in [-0.3, -0.25) is 4.79 Å². The van der Waals surface area contributed by atoms with Crippen LogP contribution < -0.4 is 0 Å². The number of rotatable bonds is 4. The van der Waals surface area contributed by atoms with Gasteiger partial charge in [0.05, 0.1) is 0 Å². The predicted octanol–water partition coefficient (Wildman–Crippen LogP) is -0.0494. The molecule has 0 fully saturated rings. The average molecular weight is 206 g/mol. The van der Waals surface area contributed by atoms with E-state index < -0.39 is 18.0 Å². The molecule has 2 N–H and O–H groups in total. The number of aliphatic hydroxyl groups is 2. The first-order valence-electron chi connectivity index (χ1n) is 4.29. The quantitative estimate of drug-likeness (QED) is 0.411. The third-order valence-electron chi connectivity index (χ3n) is 1.92. The molecule has 0 saturated heterocycles. The van der Waals surface area contributed by atoms with Crippen LogP contribution >= 0.6 is 0 Å². The number of carbonyl (C=O) groups is 1. The van der Waals surface area contributed by atoms with Crippen molar-refractivity contribution in [2.75, 3.05) is 0 Å². The van der Waals surface area contributed by atoms with Gasteiger partial charge in [0.25, 0.3) is 5.78 Å². The molecule has 0 aliphatic heterocycles. The van der Waals surface area contributed by atoms with Crippen LogP contribution in [0.25, 0.3) is 5.53 Å². The zero-order chi connectivity index (χ0) is 11.3. The second-order valence-electron chi connectivity index (χ2n) is 2.95. The zero-order valence-corrected chi connectivity index (χ0v) is 7.82. The maximum absolute atomic E-state index is 11.0. The van der Waals surface area contributed by atoms with Gasteiger partial charge in [0.2, 0.25) is 0 Å². The van der Waals surface area contributed by atoms with Crippen LogP contribution in [0.1, 0.15) is 11.7 Å². The van der Waals surface area contributed by atoms with E-state index >= 15 is 0 Å². The second-order valence-corrected chi connectivity index (χ2v) is 2.95. The highest BCUT2D eigenvalue weighted by Gasteiger charge is 2.26. The topological polar surface area (TPSA) is 93.9 Å². The van der Waals surface area contributed by atoms with Crippen molar-refractivity contribution in [1.29, 1.82) is 0 Å². The maximum Gasteiger partial charge on any atom is 0.326 e. The average Bonchev–Trinajstić information content (AvgIpc) is 2.28. The minimum atomic E-state index is -1.62. The van der Waals surface area contributed by atoms with E-state index in [1.54, 1.807) is 30.3 Å². The molecular weight excluding hydrogens is 196 g/mol. The van der Waals surface area contributed by atoms with Crippen LogP contribution in [0, 0.1) is 0 Å². The Balaban J connectivity index is 2.81. The van der Waals surface area contributed by atoms with Crippen LogP contribution in [0.3, 0.4) is 0 Å². The number of benzene rings is 1. The highest BCUT2D eigenvalue weighted by molar-refractivity contribution is 6.27. The van der Waals surface area contributed by atoms with Crippen molar-refractivity contribution < 1.29 is 19.8 Å². The number of carbonyl (C=O) groups excluding carboxylic acids is 1. The van der Waals surface area contributed by atoms with Crippen LogP contribution in [-0.4, -0.2) is 33.1 Å². The molecule has 0 radical (unpaired) electrons. The Hall–Kier alpha value is -1.81. The summed E-state index contributed by atoms with van der Waals surface area (Å²) >= 11 is 0. The maximum atomic E-state index is 11.0. The minimum absolute atomic E-state index is 0.421. The molecule has 0 heterocycles. The van der Waals surface area contributed by atoms with E-state index in [0.717, 1.165) is 0 Å². The number of aliphatic hydroxyl groups excluding tert-OH is 2. The predicted molar refractivity (Wildman–Crippen MR) is 52.1 cm³/mol. The van der Waals surface area contributed by atoms with E-state index in [2.05, 4.69) is 4.79 Å². The van der Waals surface area contributed by atoms with Crippen molar-refractivity contribution in [2.45, 2.75) is 12.2 Å². The van der Waals surface area contributed by atoms with Gasteiger partial charge in [-0.15, -0.1) is 0 Å². The van der Waals surface area contributed by atoms with E-state index in [1.807, 2.05) is 0 Å². The standard InChI is InChI=1S/C10H10N2O3/c11-12-6-8(13)10(15)9(14)7-4-2-1-3-5-7/h1-6,9-10,14-15H/t9-,10-/m0/s1. The molecule has 0 aliphatic rings. The summed E-state index contributed by atoms with van der Waals surface area (Å²) in [5, 5.41) is 18.9.